The predicted molar refractivity (Wildman–Crippen MR) is 64.3 cm³/mol. The zero-order valence-electron chi connectivity index (χ0n) is 10.6. The molecule has 0 aliphatic carbocycles. The number of hydrogen-bond donors (Lipinski definition) is 2. The molecule has 1 saturated heterocycles. The molecule has 1 heterocycles. The summed E-state index contributed by atoms with van der Waals surface area (Å²) in [4.78, 5) is 11.6. The Hall–Kier alpha value is -0.610. The quantitative estimate of drug-likeness (QED) is 0.739. The van der Waals surface area contributed by atoms with Crippen LogP contribution in [0, 0.1) is 0 Å². The zero-order valence-corrected chi connectivity index (χ0v) is 10.6. The van der Waals surface area contributed by atoms with Gasteiger partial charge in [0.1, 0.15) is 6.10 Å². The van der Waals surface area contributed by atoms with Crippen molar-refractivity contribution < 1.29 is 9.53 Å². The number of amides is 1. The number of rotatable bonds is 5. The van der Waals surface area contributed by atoms with E-state index in [2.05, 4.69) is 10.6 Å². The highest BCUT2D eigenvalue weighted by Gasteiger charge is 2.18. The van der Waals surface area contributed by atoms with E-state index in [0.717, 1.165) is 13.0 Å². The van der Waals surface area contributed by atoms with Crippen LogP contribution in [0.5, 0.6) is 0 Å². The van der Waals surface area contributed by atoms with Gasteiger partial charge in [0.2, 0.25) is 5.91 Å². The fourth-order valence-corrected chi connectivity index (χ4v) is 1.80. The molecule has 1 amide bonds. The SMILES string of the molecule is CC(C)NC(=O)C(C)OCC1CCCCN1. The fraction of sp³-hybridized carbons (Fsp3) is 0.917. The summed E-state index contributed by atoms with van der Waals surface area (Å²) in [5.41, 5.74) is 0. The van der Waals surface area contributed by atoms with Gasteiger partial charge >= 0.3 is 0 Å². The van der Waals surface area contributed by atoms with Gasteiger partial charge in [0.25, 0.3) is 0 Å². The van der Waals surface area contributed by atoms with Crippen molar-refractivity contribution in [3.05, 3.63) is 0 Å². The molecule has 2 unspecified atom stereocenters. The molecule has 0 spiro atoms. The maximum Gasteiger partial charge on any atom is 0.249 e. The highest BCUT2D eigenvalue weighted by molar-refractivity contribution is 5.80. The molecule has 1 aliphatic heterocycles. The van der Waals surface area contributed by atoms with E-state index in [-0.39, 0.29) is 18.1 Å². The Balaban J connectivity index is 2.17. The molecule has 1 rings (SSSR count). The Morgan fingerprint density at radius 1 is 1.44 bits per heavy atom. The Bertz CT molecular complexity index is 213. The van der Waals surface area contributed by atoms with E-state index in [0.29, 0.717) is 12.6 Å². The molecular weight excluding hydrogens is 204 g/mol. The minimum Gasteiger partial charge on any atom is -0.367 e. The monoisotopic (exact) mass is 228 g/mol. The van der Waals surface area contributed by atoms with Crippen LogP contribution in [0.15, 0.2) is 0 Å². The van der Waals surface area contributed by atoms with Crippen LogP contribution >= 0.6 is 0 Å². The van der Waals surface area contributed by atoms with Gasteiger partial charge in [-0.1, -0.05) is 6.42 Å². The molecule has 0 radical (unpaired) electrons. The summed E-state index contributed by atoms with van der Waals surface area (Å²) in [6.45, 7) is 7.41. The topological polar surface area (TPSA) is 50.4 Å². The first-order valence-electron chi connectivity index (χ1n) is 6.25. The molecule has 4 heteroatoms. The number of carbonyl (C=O) groups excluding carboxylic acids is 1. The summed E-state index contributed by atoms with van der Waals surface area (Å²) in [5.74, 6) is -0.0224. The Labute approximate surface area is 98.1 Å². The van der Waals surface area contributed by atoms with Gasteiger partial charge in [-0.15, -0.1) is 0 Å². The van der Waals surface area contributed by atoms with Crippen LogP contribution in [0.1, 0.15) is 40.0 Å². The Morgan fingerprint density at radius 3 is 2.75 bits per heavy atom. The van der Waals surface area contributed by atoms with E-state index in [1.165, 1.54) is 12.8 Å². The van der Waals surface area contributed by atoms with Crippen LogP contribution < -0.4 is 10.6 Å². The van der Waals surface area contributed by atoms with Gasteiger partial charge in [-0.2, -0.15) is 0 Å². The van der Waals surface area contributed by atoms with E-state index in [1.807, 2.05) is 13.8 Å². The first-order chi connectivity index (χ1) is 7.59. The number of nitrogens with one attached hydrogen (secondary N) is 2. The van der Waals surface area contributed by atoms with E-state index in [9.17, 15) is 4.79 Å². The highest BCUT2D eigenvalue weighted by Crippen LogP contribution is 2.08. The van der Waals surface area contributed by atoms with Crippen molar-refractivity contribution in [3.8, 4) is 0 Å². The third-order valence-electron chi connectivity index (χ3n) is 2.76. The lowest BCUT2D eigenvalue weighted by Crippen LogP contribution is -2.42. The summed E-state index contributed by atoms with van der Waals surface area (Å²) in [6.07, 6.45) is 3.30. The Morgan fingerprint density at radius 2 is 2.19 bits per heavy atom. The molecule has 94 valence electrons. The largest absolute Gasteiger partial charge is 0.367 e. The van der Waals surface area contributed by atoms with Gasteiger partial charge in [0, 0.05) is 12.1 Å². The van der Waals surface area contributed by atoms with E-state index in [4.69, 9.17) is 4.74 Å². The molecule has 0 aromatic rings. The van der Waals surface area contributed by atoms with E-state index < -0.39 is 0 Å². The molecule has 16 heavy (non-hydrogen) atoms. The second-order valence-electron chi connectivity index (χ2n) is 4.79. The summed E-state index contributed by atoms with van der Waals surface area (Å²) in [5, 5.41) is 6.24. The van der Waals surface area contributed by atoms with Crippen LogP contribution in [0.3, 0.4) is 0 Å². The van der Waals surface area contributed by atoms with Gasteiger partial charge < -0.3 is 15.4 Å². The number of hydrogen-bond acceptors (Lipinski definition) is 3. The van der Waals surface area contributed by atoms with Gasteiger partial charge in [-0.25, -0.2) is 0 Å². The predicted octanol–water partition coefficient (Wildman–Crippen LogP) is 1.06. The maximum absolute atomic E-state index is 11.6. The molecule has 0 bridgehead atoms. The lowest BCUT2D eigenvalue weighted by Gasteiger charge is -2.25. The van der Waals surface area contributed by atoms with Gasteiger partial charge in [-0.05, 0) is 40.2 Å². The molecule has 1 aliphatic rings. The molecule has 0 aromatic carbocycles. The lowest BCUT2D eigenvalue weighted by molar-refractivity contribution is -0.132. The van der Waals surface area contributed by atoms with Gasteiger partial charge in [0.05, 0.1) is 6.61 Å². The fourth-order valence-electron chi connectivity index (χ4n) is 1.80. The van der Waals surface area contributed by atoms with Crippen molar-refractivity contribution in [2.24, 2.45) is 0 Å². The number of piperidine rings is 1. The Kier molecular flexibility index (Phi) is 5.77. The zero-order chi connectivity index (χ0) is 12.0. The minimum atomic E-state index is -0.355. The van der Waals surface area contributed by atoms with Crippen LogP contribution in [-0.2, 0) is 9.53 Å². The first-order valence-corrected chi connectivity index (χ1v) is 6.25. The van der Waals surface area contributed by atoms with Crippen molar-refractivity contribution >= 4 is 5.91 Å². The lowest BCUT2D eigenvalue weighted by atomic mass is 10.1. The number of carbonyl (C=O) groups is 1. The van der Waals surface area contributed by atoms with E-state index >= 15 is 0 Å². The van der Waals surface area contributed by atoms with Crippen molar-refractivity contribution in [3.63, 3.8) is 0 Å². The van der Waals surface area contributed by atoms with Crippen LogP contribution in [0.4, 0.5) is 0 Å². The third-order valence-corrected chi connectivity index (χ3v) is 2.76. The van der Waals surface area contributed by atoms with Crippen LogP contribution in [-0.4, -0.2) is 37.2 Å². The molecular formula is C12H24N2O2. The van der Waals surface area contributed by atoms with Gasteiger partial charge in [-0.3, -0.25) is 4.79 Å². The standard InChI is InChI=1S/C12H24N2O2/c1-9(2)14-12(15)10(3)16-8-11-6-4-5-7-13-11/h9-11,13H,4-8H2,1-3H3,(H,14,15). The highest BCUT2D eigenvalue weighted by atomic mass is 16.5. The van der Waals surface area contributed by atoms with Crippen molar-refractivity contribution in [1.82, 2.24) is 10.6 Å². The molecule has 2 N–H and O–H groups in total. The summed E-state index contributed by atoms with van der Waals surface area (Å²) in [7, 11) is 0. The van der Waals surface area contributed by atoms with E-state index in [1.54, 1.807) is 6.92 Å². The number of ether oxygens (including phenoxy) is 1. The third kappa shape index (κ3) is 4.94. The smallest absolute Gasteiger partial charge is 0.249 e. The molecule has 0 aromatic heterocycles. The second-order valence-corrected chi connectivity index (χ2v) is 4.79. The second kappa shape index (κ2) is 6.86. The average Bonchev–Trinajstić information content (AvgIpc) is 2.26. The minimum absolute atomic E-state index is 0.0224. The van der Waals surface area contributed by atoms with Crippen LogP contribution in [0.2, 0.25) is 0 Å². The molecule has 1 fully saturated rings. The van der Waals surface area contributed by atoms with Crippen LogP contribution in [0.25, 0.3) is 0 Å². The molecule has 4 nitrogen and oxygen atoms in total. The summed E-state index contributed by atoms with van der Waals surface area (Å²) >= 11 is 0. The van der Waals surface area contributed by atoms with Crippen molar-refractivity contribution in [2.75, 3.05) is 13.2 Å². The summed E-state index contributed by atoms with van der Waals surface area (Å²) in [6, 6.07) is 0.592. The molecule has 2 atom stereocenters. The normalized spacial score (nSPS) is 23.1. The van der Waals surface area contributed by atoms with Crippen molar-refractivity contribution in [2.45, 2.75) is 58.2 Å². The van der Waals surface area contributed by atoms with Crippen molar-refractivity contribution in [1.29, 1.82) is 0 Å². The van der Waals surface area contributed by atoms with Gasteiger partial charge in [0.15, 0.2) is 0 Å². The first kappa shape index (κ1) is 13.5. The molecule has 0 saturated carbocycles. The maximum atomic E-state index is 11.6. The average molecular weight is 228 g/mol. The summed E-state index contributed by atoms with van der Waals surface area (Å²) < 4.78 is 5.57.